The first-order chi connectivity index (χ1) is 15.4. The summed E-state index contributed by atoms with van der Waals surface area (Å²) in [6.45, 7) is 9.52. The van der Waals surface area contributed by atoms with E-state index in [0.717, 1.165) is 46.4 Å². The van der Waals surface area contributed by atoms with Gasteiger partial charge in [-0.15, -0.1) is 0 Å². The number of hydrogen-bond acceptors (Lipinski definition) is 4. The molecule has 0 saturated heterocycles. The van der Waals surface area contributed by atoms with Crippen molar-refractivity contribution in [3.8, 4) is 5.75 Å². The van der Waals surface area contributed by atoms with E-state index in [0.29, 0.717) is 6.54 Å². The van der Waals surface area contributed by atoms with Crippen LogP contribution >= 0.6 is 0 Å². The molecule has 0 aromatic heterocycles. The molecule has 0 aliphatic carbocycles. The lowest BCUT2D eigenvalue weighted by Crippen LogP contribution is -2.48. The van der Waals surface area contributed by atoms with Gasteiger partial charge in [-0.05, 0) is 48.3 Å². The molecule has 2 amide bonds. The lowest BCUT2D eigenvalue weighted by Gasteiger charge is -2.44. The average molecular weight is 432 g/mol. The fourth-order valence-electron chi connectivity index (χ4n) is 4.64. The fraction of sp³-hybridized carbons (Fsp3) is 0.308. The molecule has 0 fully saturated rings. The van der Waals surface area contributed by atoms with E-state index in [-0.39, 0.29) is 17.6 Å². The number of phenols is 1. The predicted molar refractivity (Wildman–Crippen MR) is 128 cm³/mol. The molecule has 6 nitrogen and oxygen atoms in total. The number of benzene rings is 3. The Labute approximate surface area is 188 Å². The van der Waals surface area contributed by atoms with E-state index >= 15 is 0 Å². The van der Waals surface area contributed by atoms with Gasteiger partial charge < -0.3 is 5.11 Å². The summed E-state index contributed by atoms with van der Waals surface area (Å²) in [7, 11) is 0. The maximum Gasteiger partial charge on any atom is 0.225 e. The quantitative estimate of drug-likeness (QED) is 0.630. The van der Waals surface area contributed by atoms with Gasteiger partial charge in [0.25, 0.3) is 0 Å². The normalized spacial score (nSPS) is 13.8. The molecule has 1 heterocycles. The number of hydrogen-bond donors (Lipinski definition) is 1. The third kappa shape index (κ3) is 3.60. The summed E-state index contributed by atoms with van der Waals surface area (Å²) < 4.78 is 0. The first-order valence-electron chi connectivity index (χ1n) is 11.0. The van der Waals surface area contributed by atoms with E-state index in [1.807, 2.05) is 42.5 Å². The lowest BCUT2D eigenvalue weighted by molar-refractivity contribution is -0.118. The van der Waals surface area contributed by atoms with Crippen LogP contribution in [0.3, 0.4) is 0 Å². The van der Waals surface area contributed by atoms with Crippen LogP contribution in [-0.4, -0.2) is 34.9 Å². The Kier molecular flexibility index (Phi) is 5.89. The van der Waals surface area contributed by atoms with Crippen LogP contribution in [0.4, 0.5) is 11.4 Å². The Morgan fingerprint density at radius 1 is 0.906 bits per heavy atom. The van der Waals surface area contributed by atoms with Gasteiger partial charge in [-0.1, -0.05) is 44.2 Å². The highest BCUT2D eigenvalue weighted by molar-refractivity contribution is 6.15. The van der Waals surface area contributed by atoms with Crippen LogP contribution in [0.2, 0.25) is 0 Å². The van der Waals surface area contributed by atoms with Crippen molar-refractivity contribution in [2.75, 3.05) is 22.9 Å². The van der Waals surface area contributed by atoms with Crippen molar-refractivity contribution in [1.29, 1.82) is 0 Å². The van der Waals surface area contributed by atoms with Gasteiger partial charge in [0, 0.05) is 31.3 Å². The Bertz CT molecular complexity index is 1130. The zero-order valence-electron chi connectivity index (χ0n) is 19.0. The molecule has 3 aromatic rings. The molecule has 1 N–H and O–H groups in total. The topological polar surface area (TPSA) is 64.1 Å². The number of amides is 2. The van der Waals surface area contributed by atoms with Crippen molar-refractivity contribution in [3.63, 3.8) is 0 Å². The fourth-order valence-corrected chi connectivity index (χ4v) is 4.64. The molecule has 0 unspecified atom stereocenters. The van der Waals surface area contributed by atoms with Crippen LogP contribution < -0.4 is 9.80 Å². The number of carbonyl (C=O) groups is 2. The predicted octanol–water partition coefficient (Wildman–Crippen LogP) is 4.81. The molecule has 0 bridgehead atoms. The van der Waals surface area contributed by atoms with E-state index in [1.165, 1.54) is 13.8 Å². The van der Waals surface area contributed by atoms with E-state index in [1.54, 1.807) is 21.9 Å². The van der Waals surface area contributed by atoms with Crippen molar-refractivity contribution in [2.24, 2.45) is 0 Å². The third-order valence-electron chi connectivity index (χ3n) is 6.24. The first kappa shape index (κ1) is 21.8. The summed E-state index contributed by atoms with van der Waals surface area (Å²) in [5.41, 5.74) is 3.12. The van der Waals surface area contributed by atoms with Gasteiger partial charge >= 0.3 is 0 Å². The molecule has 1 aliphatic heterocycles. The highest BCUT2D eigenvalue weighted by atomic mass is 16.3. The number of nitrogens with zero attached hydrogens (tertiary/aromatic N) is 3. The molecular formula is C26H29N3O3. The van der Waals surface area contributed by atoms with Crippen molar-refractivity contribution < 1.29 is 14.7 Å². The Hall–Kier alpha value is -3.38. The minimum atomic E-state index is -0.637. The van der Waals surface area contributed by atoms with Gasteiger partial charge in [0.1, 0.15) is 11.9 Å². The lowest BCUT2D eigenvalue weighted by atomic mass is 9.97. The molecule has 166 valence electrons. The second-order valence-corrected chi connectivity index (χ2v) is 8.15. The van der Waals surface area contributed by atoms with Crippen LogP contribution in [0.15, 0.2) is 54.6 Å². The summed E-state index contributed by atoms with van der Waals surface area (Å²) >= 11 is 0. The van der Waals surface area contributed by atoms with Crippen molar-refractivity contribution in [3.05, 3.63) is 65.7 Å². The van der Waals surface area contributed by atoms with Gasteiger partial charge in [0.15, 0.2) is 0 Å². The molecule has 0 saturated carbocycles. The third-order valence-corrected chi connectivity index (χ3v) is 6.24. The van der Waals surface area contributed by atoms with Gasteiger partial charge in [0.05, 0.1) is 11.4 Å². The SMILES string of the molecule is CCN(CC)Cc1cc(C2N(C(C)=O)c3cccc4cccc(c34)N2C(C)=O)ccc1O. The van der Waals surface area contributed by atoms with Crippen molar-refractivity contribution >= 4 is 34.0 Å². The van der Waals surface area contributed by atoms with Gasteiger partial charge in [-0.2, -0.15) is 0 Å². The number of carbonyl (C=O) groups excluding carboxylic acids is 2. The zero-order valence-corrected chi connectivity index (χ0v) is 19.0. The molecule has 0 spiro atoms. The minimum Gasteiger partial charge on any atom is -0.508 e. The monoisotopic (exact) mass is 431 g/mol. The summed E-state index contributed by atoms with van der Waals surface area (Å²) in [6, 6.07) is 17.1. The van der Waals surface area contributed by atoms with Crippen LogP contribution in [0, 0.1) is 0 Å². The Balaban J connectivity index is 1.93. The van der Waals surface area contributed by atoms with Crippen LogP contribution in [0.1, 0.15) is 45.0 Å². The first-order valence-corrected chi connectivity index (χ1v) is 11.0. The maximum atomic E-state index is 13.0. The van der Waals surface area contributed by atoms with Crippen LogP contribution in [0.5, 0.6) is 5.75 Å². The number of phenolic OH excluding ortho intramolecular Hbond substituents is 1. The molecule has 1 aliphatic rings. The molecule has 0 radical (unpaired) electrons. The van der Waals surface area contributed by atoms with Gasteiger partial charge in [-0.3, -0.25) is 24.3 Å². The summed E-state index contributed by atoms with van der Waals surface area (Å²) in [6.07, 6.45) is -0.637. The smallest absolute Gasteiger partial charge is 0.225 e. The Morgan fingerprint density at radius 2 is 1.47 bits per heavy atom. The standard InChI is InChI=1S/C26H29N3O3/c1-5-27(6-2)16-21-15-20(13-14-24(21)32)26-28(17(3)30)22-11-7-9-19-10-8-12-23(25(19)22)29(26)18(4)31/h7-15,26,32H,5-6,16H2,1-4H3. The number of rotatable bonds is 5. The van der Waals surface area contributed by atoms with Crippen LogP contribution in [-0.2, 0) is 16.1 Å². The van der Waals surface area contributed by atoms with Gasteiger partial charge in [-0.25, -0.2) is 0 Å². The molecule has 3 aromatic carbocycles. The molecule has 4 rings (SSSR count). The van der Waals surface area contributed by atoms with E-state index < -0.39 is 6.17 Å². The van der Waals surface area contributed by atoms with Crippen molar-refractivity contribution in [1.82, 2.24) is 4.90 Å². The maximum absolute atomic E-state index is 13.0. The highest BCUT2D eigenvalue weighted by Gasteiger charge is 2.39. The van der Waals surface area contributed by atoms with Crippen molar-refractivity contribution in [2.45, 2.75) is 40.4 Å². The minimum absolute atomic E-state index is 0.151. The molecular weight excluding hydrogens is 402 g/mol. The second kappa shape index (κ2) is 8.63. The number of anilines is 2. The molecule has 0 atom stereocenters. The van der Waals surface area contributed by atoms with E-state index in [4.69, 9.17) is 0 Å². The zero-order chi connectivity index (χ0) is 23.0. The summed E-state index contributed by atoms with van der Waals surface area (Å²) in [5.74, 6) is -0.0917. The summed E-state index contributed by atoms with van der Waals surface area (Å²) in [5, 5.41) is 12.4. The number of aromatic hydroxyl groups is 1. The molecule has 32 heavy (non-hydrogen) atoms. The Morgan fingerprint density at radius 3 is 1.97 bits per heavy atom. The second-order valence-electron chi connectivity index (χ2n) is 8.15. The summed E-state index contributed by atoms with van der Waals surface area (Å²) in [4.78, 5) is 31.5. The average Bonchev–Trinajstić information content (AvgIpc) is 2.78. The largest absolute Gasteiger partial charge is 0.508 e. The highest BCUT2D eigenvalue weighted by Crippen LogP contribution is 2.47. The van der Waals surface area contributed by atoms with E-state index in [2.05, 4.69) is 18.7 Å². The van der Waals surface area contributed by atoms with E-state index in [9.17, 15) is 14.7 Å². The van der Waals surface area contributed by atoms with Gasteiger partial charge in [0.2, 0.25) is 11.8 Å². The van der Waals surface area contributed by atoms with Crippen LogP contribution in [0.25, 0.3) is 10.8 Å². The molecule has 6 heteroatoms.